The minimum Gasteiger partial charge on any atom is -0.312 e. The van der Waals surface area contributed by atoms with Gasteiger partial charge < -0.3 is 10.2 Å². The first-order valence-corrected chi connectivity index (χ1v) is 8.44. The summed E-state index contributed by atoms with van der Waals surface area (Å²) in [6.45, 7) is 5.16. The molecule has 2 bridgehead atoms. The van der Waals surface area contributed by atoms with Crippen LogP contribution in [0, 0.1) is 5.92 Å². The topological polar surface area (TPSA) is 15.3 Å². The highest BCUT2D eigenvalue weighted by Crippen LogP contribution is 2.32. The molecule has 20 heavy (non-hydrogen) atoms. The Balaban J connectivity index is 1.41. The van der Waals surface area contributed by atoms with Crippen LogP contribution >= 0.6 is 0 Å². The van der Waals surface area contributed by atoms with E-state index < -0.39 is 0 Å². The van der Waals surface area contributed by atoms with Crippen molar-refractivity contribution in [3.63, 3.8) is 0 Å². The van der Waals surface area contributed by atoms with Crippen molar-refractivity contribution in [1.29, 1.82) is 0 Å². The molecule has 2 nitrogen and oxygen atoms in total. The van der Waals surface area contributed by atoms with Crippen LogP contribution in [-0.2, 0) is 6.42 Å². The van der Waals surface area contributed by atoms with E-state index in [1.54, 1.807) is 11.1 Å². The van der Waals surface area contributed by atoms with E-state index in [9.17, 15) is 0 Å². The summed E-state index contributed by atoms with van der Waals surface area (Å²) in [5.74, 6) is 1.69. The fourth-order valence-electron chi connectivity index (χ4n) is 4.56. The van der Waals surface area contributed by atoms with Crippen molar-refractivity contribution in [2.75, 3.05) is 26.2 Å². The van der Waals surface area contributed by atoms with Crippen LogP contribution in [0.4, 0.5) is 0 Å². The van der Waals surface area contributed by atoms with Gasteiger partial charge in [-0.25, -0.2) is 0 Å². The summed E-state index contributed by atoms with van der Waals surface area (Å²) in [5, 5.41) is 3.92. The minimum absolute atomic E-state index is 0.746. The Morgan fingerprint density at radius 3 is 2.75 bits per heavy atom. The van der Waals surface area contributed by atoms with Crippen molar-refractivity contribution in [2.45, 2.75) is 44.1 Å². The molecule has 0 radical (unpaired) electrons. The predicted octanol–water partition coefficient (Wildman–Crippen LogP) is 2.79. The lowest BCUT2D eigenvalue weighted by Gasteiger charge is -2.45. The van der Waals surface area contributed by atoms with E-state index in [0.717, 1.165) is 17.9 Å². The molecule has 3 heterocycles. The van der Waals surface area contributed by atoms with Gasteiger partial charge in [-0.3, -0.25) is 0 Å². The molecule has 2 atom stereocenters. The predicted molar refractivity (Wildman–Crippen MR) is 83.1 cm³/mol. The maximum absolute atomic E-state index is 3.92. The van der Waals surface area contributed by atoms with Crippen LogP contribution in [0.25, 0.3) is 0 Å². The third-order valence-electron chi connectivity index (χ3n) is 5.78. The van der Waals surface area contributed by atoms with Crippen molar-refractivity contribution in [3.8, 4) is 0 Å². The maximum atomic E-state index is 3.92. The molecular formula is C18H26N2. The highest BCUT2D eigenvalue weighted by molar-refractivity contribution is 5.32. The molecule has 1 aromatic carbocycles. The molecule has 0 spiro atoms. The van der Waals surface area contributed by atoms with E-state index in [1.165, 1.54) is 58.3 Å². The van der Waals surface area contributed by atoms with E-state index >= 15 is 0 Å². The number of hydrogen-bond donors (Lipinski definition) is 1. The first-order valence-electron chi connectivity index (χ1n) is 8.44. The summed E-state index contributed by atoms with van der Waals surface area (Å²) in [6, 6.07) is 9.85. The third-order valence-corrected chi connectivity index (χ3v) is 5.78. The number of benzene rings is 1. The largest absolute Gasteiger partial charge is 0.312 e. The van der Waals surface area contributed by atoms with Crippen LogP contribution in [0.2, 0.25) is 0 Å². The Hall–Kier alpha value is -0.860. The fraction of sp³-hybridized carbons (Fsp3) is 0.667. The molecule has 0 amide bonds. The zero-order valence-corrected chi connectivity index (χ0v) is 12.4. The molecule has 3 fully saturated rings. The highest BCUT2D eigenvalue weighted by Gasteiger charge is 2.34. The summed E-state index contributed by atoms with van der Waals surface area (Å²) < 4.78 is 0. The van der Waals surface area contributed by atoms with Gasteiger partial charge in [-0.1, -0.05) is 24.3 Å². The third kappa shape index (κ3) is 2.40. The van der Waals surface area contributed by atoms with Gasteiger partial charge in [0.25, 0.3) is 0 Å². The summed E-state index contributed by atoms with van der Waals surface area (Å²) in [4.78, 5) is 2.65. The lowest BCUT2D eigenvalue weighted by Crippen LogP contribution is -2.56. The van der Waals surface area contributed by atoms with Crippen molar-refractivity contribution in [3.05, 3.63) is 35.4 Å². The van der Waals surface area contributed by atoms with Crippen molar-refractivity contribution in [2.24, 2.45) is 5.92 Å². The molecule has 4 aliphatic rings. The van der Waals surface area contributed by atoms with Crippen LogP contribution < -0.4 is 5.32 Å². The first kappa shape index (κ1) is 12.8. The summed E-state index contributed by atoms with van der Waals surface area (Å²) >= 11 is 0. The van der Waals surface area contributed by atoms with Crippen molar-refractivity contribution < 1.29 is 0 Å². The van der Waals surface area contributed by atoms with E-state index in [-0.39, 0.29) is 0 Å². The highest BCUT2D eigenvalue weighted by atomic mass is 15.2. The van der Waals surface area contributed by atoms with E-state index in [1.807, 2.05) is 0 Å². The van der Waals surface area contributed by atoms with Crippen LogP contribution in [0.15, 0.2) is 24.3 Å². The normalized spacial score (nSPS) is 35.8. The molecule has 108 valence electrons. The van der Waals surface area contributed by atoms with Gasteiger partial charge >= 0.3 is 0 Å². The van der Waals surface area contributed by atoms with Gasteiger partial charge in [0, 0.05) is 19.1 Å². The number of fused-ring (bicyclic) bond motifs is 4. The smallest absolute Gasteiger partial charge is 0.0224 e. The molecule has 3 aliphatic heterocycles. The molecule has 1 aromatic rings. The standard InChI is InChI=1S/C18H26N2/c1-2-7-17-14(4-1)5-3-6-16(17)12-19-18-13-20-10-8-15(18)9-11-20/h1-2,4,7,15-16,18-19H,3,5-6,8-13H2. The second-order valence-electron chi connectivity index (χ2n) is 6.94. The van der Waals surface area contributed by atoms with E-state index in [4.69, 9.17) is 0 Å². The van der Waals surface area contributed by atoms with Crippen LogP contribution in [0.5, 0.6) is 0 Å². The lowest BCUT2D eigenvalue weighted by atomic mass is 9.81. The minimum atomic E-state index is 0.746. The van der Waals surface area contributed by atoms with Gasteiger partial charge in [0.1, 0.15) is 0 Å². The Labute approximate surface area is 122 Å². The van der Waals surface area contributed by atoms with Gasteiger partial charge in [0.2, 0.25) is 0 Å². The molecule has 2 unspecified atom stereocenters. The number of hydrogen-bond acceptors (Lipinski definition) is 2. The molecule has 3 saturated heterocycles. The Bertz CT molecular complexity index is 462. The summed E-state index contributed by atoms with van der Waals surface area (Å²) in [6.07, 6.45) is 6.85. The SMILES string of the molecule is c1ccc2c(c1)CCCC2CNC1CN2CCC1CC2. The number of piperidine rings is 3. The van der Waals surface area contributed by atoms with Gasteiger partial charge in [0.15, 0.2) is 0 Å². The Kier molecular flexibility index (Phi) is 3.53. The van der Waals surface area contributed by atoms with E-state index in [0.29, 0.717) is 0 Å². The zero-order valence-electron chi connectivity index (χ0n) is 12.4. The van der Waals surface area contributed by atoms with Crippen LogP contribution in [0.3, 0.4) is 0 Å². The van der Waals surface area contributed by atoms with Gasteiger partial charge in [0.05, 0.1) is 0 Å². The van der Waals surface area contributed by atoms with Crippen molar-refractivity contribution in [1.82, 2.24) is 10.2 Å². The lowest BCUT2D eigenvalue weighted by molar-refractivity contribution is 0.0718. The van der Waals surface area contributed by atoms with Crippen LogP contribution in [0.1, 0.15) is 42.7 Å². The summed E-state index contributed by atoms with van der Waals surface area (Å²) in [7, 11) is 0. The number of rotatable bonds is 3. The number of aryl methyl sites for hydroxylation is 1. The fourth-order valence-corrected chi connectivity index (χ4v) is 4.56. The summed E-state index contributed by atoms with van der Waals surface area (Å²) in [5.41, 5.74) is 3.21. The Morgan fingerprint density at radius 1 is 1.10 bits per heavy atom. The Morgan fingerprint density at radius 2 is 1.95 bits per heavy atom. The monoisotopic (exact) mass is 270 g/mol. The average Bonchev–Trinajstić information content (AvgIpc) is 2.54. The molecule has 5 rings (SSSR count). The molecule has 2 heteroatoms. The molecular weight excluding hydrogens is 244 g/mol. The van der Waals surface area contributed by atoms with Gasteiger partial charge in [-0.15, -0.1) is 0 Å². The zero-order chi connectivity index (χ0) is 13.4. The number of nitrogens with one attached hydrogen (secondary N) is 1. The van der Waals surface area contributed by atoms with Crippen molar-refractivity contribution >= 4 is 0 Å². The second-order valence-corrected chi connectivity index (χ2v) is 6.94. The van der Waals surface area contributed by atoms with Gasteiger partial charge in [-0.05, 0) is 68.2 Å². The number of nitrogens with zero attached hydrogens (tertiary/aromatic N) is 1. The van der Waals surface area contributed by atoms with Gasteiger partial charge in [-0.2, -0.15) is 0 Å². The molecule has 0 saturated carbocycles. The quantitative estimate of drug-likeness (QED) is 0.908. The molecule has 1 N–H and O–H groups in total. The molecule has 0 aromatic heterocycles. The second kappa shape index (κ2) is 5.50. The van der Waals surface area contributed by atoms with E-state index in [2.05, 4.69) is 34.5 Å². The molecule has 1 aliphatic carbocycles. The maximum Gasteiger partial charge on any atom is 0.0224 e. The van der Waals surface area contributed by atoms with Crippen LogP contribution in [-0.4, -0.2) is 37.1 Å². The average molecular weight is 270 g/mol. The first-order chi connectivity index (χ1) is 9.90.